The maximum atomic E-state index is 5.18. The molecule has 0 amide bonds. The lowest BCUT2D eigenvalue weighted by Gasteiger charge is -2.09. The summed E-state index contributed by atoms with van der Waals surface area (Å²) in [7, 11) is 1.66. The minimum Gasteiger partial charge on any atom is -0.497 e. The maximum Gasteiger partial charge on any atom is 0.119 e. The minimum atomic E-state index is 0.836. The van der Waals surface area contributed by atoms with Crippen LogP contribution in [0.25, 0.3) is 16.9 Å². The minimum absolute atomic E-state index is 0.836. The van der Waals surface area contributed by atoms with E-state index in [1.165, 1.54) is 0 Å². The quantitative estimate of drug-likeness (QED) is 0.716. The first-order valence-corrected chi connectivity index (χ1v) is 7.02. The number of aromatic nitrogens is 2. The Hall–Kier alpha value is -2.07. The number of hydrogen-bond acceptors (Lipinski definition) is 2. The third kappa shape index (κ3) is 2.34. The van der Waals surface area contributed by atoms with Crippen LogP contribution in [0.4, 0.5) is 0 Å². The summed E-state index contributed by atoms with van der Waals surface area (Å²) >= 11 is 3.59. The lowest BCUT2D eigenvalue weighted by atomic mass is 10.1. The summed E-state index contributed by atoms with van der Waals surface area (Å²) in [6.45, 7) is 0. The van der Waals surface area contributed by atoms with Crippen LogP contribution in [0.5, 0.6) is 5.75 Å². The van der Waals surface area contributed by atoms with Crippen molar-refractivity contribution >= 4 is 15.9 Å². The molecule has 100 valence electrons. The van der Waals surface area contributed by atoms with Gasteiger partial charge in [-0.15, -0.1) is 0 Å². The van der Waals surface area contributed by atoms with E-state index in [-0.39, 0.29) is 0 Å². The van der Waals surface area contributed by atoms with Crippen LogP contribution in [0.2, 0.25) is 0 Å². The standard InChI is InChI=1S/C16H13BrN2O/c1-20-13-8-6-12(7-9-13)19-16(10-11-18-19)14-4-2-3-5-15(14)17/h2-11H,1H3. The summed E-state index contributed by atoms with van der Waals surface area (Å²) in [5.41, 5.74) is 3.16. The van der Waals surface area contributed by atoms with Gasteiger partial charge in [0.15, 0.2) is 0 Å². The van der Waals surface area contributed by atoms with Crippen molar-refractivity contribution in [3.63, 3.8) is 0 Å². The topological polar surface area (TPSA) is 27.1 Å². The van der Waals surface area contributed by atoms with E-state index in [9.17, 15) is 0 Å². The van der Waals surface area contributed by atoms with E-state index in [0.29, 0.717) is 0 Å². The van der Waals surface area contributed by atoms with Gasteiger partial charge in [-0.2, -0.15) is 5.10 Å². The van der Waals surface area contributed by atoms with Gasteiger partial charge in [0.2, 0.25) is 0 Å². The van der Waals surface area contributed by atoms with Crippen molar-refractivity contribution in [3.05, 3.63) is 65.3 Å². The van der Waals surface area contributed by atoms with Crippen LogP contribution in [0, 0.1) is 0 Å². The smallest absolute Gasteiger partial charge is 0.119 e. The number of halogens is 1. The molecule has 0 fully saturated rings. The second-order valence-corrected chi connectivity index (χ2v) is 5.16. The first-order valence-electron chi connectivity index (χ1n) is 6.23. The number of nitrogens with zero attached hydrogens (tertiary/aromatic N) is 2. The summed E-state index contributed by atoms with van der Waals surface area (Å²) in [5.74, 6) is 0.836. The Kier molecular flexibility index (Phi) is 3.56. The molecular formula is C16H13BrN2O. The van der Waals surface area contributed by atoms with Gasteiger partial charge in [-0.1, -0.05) is 34.1 Å². The van der Waals surface area contributed by atoms with Gasteiger partial charge in [-0.05, 0) is 36.4 Å². The molecule has 0 saturated heterocycles. The maximum absolute atomic E-state index is 5.18. The highest BCUT2D eigenvalue weighted by molar-refractivity contribution is 9.10. The zero-order valence-corrected chi connectivity index (χ0v) is 12.5. The van der Waals surface area contributed by atoms with Crippen LogP contribution in [0.1, 0.15) is 0 Å². The first kappa shape index (κ1) is 12.9. The van der Waals surface area contributed by atoms with Crippen molar-refractivity contribution in [2.75, 3.05) is 7.11 Å². The van der Waals surface area contributed by atoms with Gasteiger partial charge in [0.25, 0.3) is 0 Å². The van der Waals surface area contributed by atoms with Crippen molar-refractivity contribution in [1.29, 1.82) is 0 Å². The van der Waals surface area contributed by atoms with E-state index in [2.05, 4.69) is 27.1 Å². The fourth-order valence-electron chi connectivity index (χ4n) is 2.11. The van der Waals surface area contributed by atoms with E-state index in [1.54, 1.807) is 13.3 Å². The molecule has 3 aromatic rings. The summed E-state index contributed by atoms with van der Waals surface area (Å²) in [6, 6.07) is 18.0. The number of methoxy groups -OCH3 is 1. The molecule has 0 N–H and O–H groups in total. The predicted octanol–water partition coefficient (Wildman–Crippen LogP) is 4.31. The van der Waals surface area contributed by atoms with E-state index in [4.69, 9.17) is 4.74 Å². The zero-order chi connectivity index (χ0) is 13.9. The molecule has 2 aromatic carbocycles. The second kappa shape index (κ2) is 5.51. The highest BCUT2D eigenvalue weighted by atomic mass is 79.9. The second-order valence-electron chi connectivity index (χ2n) is 4.31. The van der Waals surface area contributed by atoms with Crippen LogP contribution in [-0.4, -0.2) is 16.9 Å². The van der Waals surface area contributed by atoms with Crippen molar-refractivity contribution < 1.29 is 4.74 Å². The molecule has 1 aromatic heterocycles. The van der Waals surface area contributed by atoms with Crippen molar-refractivity contribution in [3.8, 4) is 22.7 Å². The van der Waals surface area contributed by atoms with Gasteiger partial charge in [0.1, 0.15) is 5.75 Å². The van der Waals surface area contributed by atoms with Crippen molar-refractivity contribution in [1.82, 2.24) is 9.78 Å². The number of benzene rings is 2. The normalized spacial score (nSPS) is 10.5. The molecule has 0 aliphatic heterocycles. The number of ether oxygens (including phenoxy) is 1. The van der Waals surface area contributed by atoms with E-state index >= 15 is 0 Å². The number of rotatable bonds is 3. The van der Waals surface area contributed by atoms with Crippen LogP contribution in [-0.2, 0) is 0 Å². The average Bonchev–Trinajstić information content (AvgIpc) is 2.97. The third-order valence-corrected chi connectivity index (χ3v) is 3.80. The fraction of sp³-hybridized carbons (Fsp3) is 0.0625. The van der Waals surface area contributed by atoms with Gasteiger partial charge >= 0.3 is 0 Å². The van der Waals surface area contributed by atoms with E-state index in [0.717, 1.165) is 27.2 Å². The van der Waals surface area contributed by atoms with Crippen LogP contribution in [0.15, 0.2) is 65.3 Å². The molecule has 20 heavy (non-hydrogen) atoms. The largest absolute Gasteiger partial charge is 0.497 e. The number of hydrogen-bond donors (Lipinski definition) is 0. The van der Waals surface area contributed by atoms with Gasteiger partial charge in [0, 0.05) is 10.0 Å². The van der Waals surface area contributed by atoms with Crippen LogP contribution < -0.4 is 4.74 Å². The lowest BCUT2D eigenvalue weighted by molar-refractivity contribution is 0.414. The monoisotopic (exact) mass is 328 g/mol. The predicted molar refractivity (Wildman–Crippen MR) is 83.3 cm³/mol. The average molecular weight is 329 g/mol. The van der Waals surface area contributed by atoms with Crippen molar-refractivity contribution in [2.45, 2.75) is 0 Å². The molecule has 0 aliphatic rings. The SMILES string of the molecule is COc1ccc(-n2nccc2-c2ccccc2Br)cc1. The van der Waals surface area contributed by atoms with Gasteiger partial charge in [-0.3, -0.25) is 0 Å². The van der Waals surface area contributed by atoms with Crippen molar-refractivity contribution in [2.24, 2.45) is 0 Å². The molecule has 0 unspecified atom stereocenters. The molecular weight excluding hydrogens is 316 g/mol. The van der Waals surface area contributed by atoms with Crippen LogP contribution >= 0.6 is 15.9 Å². The van der Waals surface area contributed by atoms with E-state index in [1.807, 2.05) is 53.2 Å². The summed E-state index contributed by atoms with van der Waals surface area (Å²) in [5, 5.41) is 4.41. The van der Waals surface area contributed by atoms with E-state index < -0.39 is 0 Å². The molecule has 0 spiro atoms. The lowest BCUT2D eigenvalue weighted by Crippen LogP contribution is -1.99. The Labute approximate surface area is 125 Å². The Balaban J connectivity index is 2.08. The zero-order valence-electron chi connectivity index (χ0n) is 11.0. The Morgan fingerprint density at radius 3 is 2.45 bits per heavy atom. The fourth-order valence-corrected chi connectivity index (χ4v) is 2.59. The molecule has 3 rings (SSSR count). The molecule has 0 bridgehead atoms. The summed E-state index contributed by atoms with van der Waals surface area (Å²) < 4.78 is 8.15. The highest BCUT2D eigenvalue weighted by Crippen LogP contribution is 2.29. The molecule has 3 nitrogen and oxygen atoms in total. The molecule has 0 radical (unpaired) electrons. The Bertz CT molecular complexity index is 719. The summed E-state index contributed by atoms with van der Waals surface area (Å²) in [6.07, 6.45) is 1.80. The first-order chi connectivity index (χ1) is 9.79. The molecule has 1 heterocycles. The Morgan fingerprint density at radius 2 is 1.75 bits per heavy atom. The van der Waals surface area contributed by atoms with Gasteiger partial charge in [0.05, 0.1) is 24.7 Å². The van der Waals surface area contributed by atoms with Gasteiger partial charge < -0.3 is 4.74 Å². The van der Waals surface area contributed by atoms with Crippen LogP contribution in [0.3, 0.4) is 0 Å². The molecule has 0 saturated carbocycles. The Morgan fingerprint density at radius 1 is 1.00 bits per heavy atom. The third-order valence-electron chi connectivity index (χ3n) is 3.11. The summed E-state index contributed by atoms with van der Waals surface area (Å²) in [4.78, 5) is 0. The highest BCUT2D eigenvalue weighted by Gasteiger charge is 2.09. The molecule has 4 heteroatoms. The molecule has 0 aliphatic carbocycles. The molecule has 0 atom stereocenters. The van der Waals surface area contributed by atoms with Gasteiger partial charge in [-0.25, -0.2) is 4.68 Å².